The normalized spacial score (nSPS) is 14.1. The molecule has 0 fully saturated rings. The molecule has 2 N–H and O–H groups in total. The molecule has 0 aliphatic carbocycles. The van der Waals surface area contributed by atoms with Crippen LogP contribution in [0.2, 0.25) is 0 Å². The van der Waals surface area contributed by atoms with E-state index in [4.69, 9.17) is 0 Å². The number of rotatable bonds is 5. The van der Waals surface area contributed by atoms with Gasteiger partial charge < -0.3 is 10.4 Å². The van der Waals surface area contributed by atoms with E-state index in [1.54, 1.807) is 12.1 Å². The molecule has 0 saturated carbocycles. The summed E-state index contributed by atoms with van der Waals surface area (Å²) in [4.78, 5) is 0. The van der Waals surface area contributed by atoms with Crippen molar-refractivity contribution in [1.29, 1.82) is 0 Å². The highest BCUT2D eigenvalue weighted by molar-refractivity contribution is 5.24. The predicted molar refractivity (Wildman–Crippen MR) is 74.1 cm³/mol. The minimum Gasteiger partial charge on any atom is -0.394 e. The monoisotopic (exact) mass is 259 g/mol. The fraction of sp³-hybridized carbons (Fsp3) is 0.250. The summed E-state index contributed by atoms with van der Waals surface area (Å²) >= 11 is 0. The van der Waals surface area contributed by atoms with Gasteiger partial charge in [0.15, 0.2) is 0 Å². The van der Waals surface area contributed by atoms with Crippen molar-refractivity contribution >= 4 is 0 Å². The molecule has 1 atom stereocenters. The Morgan fingerprint density at radius 3 is 2.26 bits per heavy atom. The molecule has 2 rings (SSSR count). The van der Waals surface area contributed by atoms with Gasteiger partial charge in [-0.25, -0.2) is 4.39 Å². The van der Waals surface area contributed by atoms with Gasteiger partial charge in [0.05, 0.1) is 12.1 Å². The van der Waals surface area contributed by atoms with E-state index >= 15 is 0 Å². The summed E-state index contributed by atoms with van der Waals surface area (Å²) in [5, 5.41) is 13.0. The molecular weight excluding hydrogens is 241 g/mol. The molecule has 2 aromatic carbocycles. The minimum atomic E-state index is -0.504. The van der Waals surface area contributed by atoms with Gasteiger partial charge in [-0.2, -0.15) is 0 Å². The summed E-state index contributed by atoms with van der Waals surface area (Å²) < 4.78 is 12.8. The van der Waals surface area contributed by atoms with Gasteiger partial charge >= 0.3 is 0 Å². The molecule has 0 heterocycles. The lowest BCUT2D eigenvalue weighted by molar-refractivity contribution is 0.173. The summed E-state index contributed by atoms with van der Waals surface area (Å²) in [7, 11) is 0. The quantitative estimate of drug-likeness (QED) is 0.865. The van der Waals surface area contributed by atoms with Crippen molar-refractivity contribution in [1.82, 2.24) is 5.32 Å². The van der Waals surface area contributed by atoms with Crippen LogP contribution in [0.3, 0.4) is 0 Å². The van der Waals surface area contributed by atoms with Crippen molar-refractivity contribution in [3.63, 3.8) is 0 Å². The first kappa shape index (κ1) is 13.7. The molecular formula is C16H18FNO. The molecule has 0 spiro atoms. The second-order valence-electron chi connectivity index (χ2n) is 4.84. The third-order valence-electron chi connectivity index (χ3n) is 3.32. The van der Waals surface area contributed by atoms with E-state index in [9.17, 15) is 9.50 Å². The average molecular weight is 259 g/mol. The highest BCUT2D eigenvalue weighted by Crippen LogP contribution is 2.20. The van der Waals surface area contributed by atoms with Gasteiger partial charge in [0.25, 0.3) is 0 Å². The SMILES string of the molecule is CC(CO)(NCc1ccc(F)cc1)c1ccccc1. The molecule has 0 saturated heterocycles. The first-order chi connectivity index (χ1) is 9.14. The number of aliphatic hydroxyl groups excluding tert-OH is 1. The highest BCUT2D eigenvalue weighted by Gasteiger charge is 2.24. The van der Waals surface area contributed by atoms with Crippen LogP contribution in [0.4, 0.5) is 4.39 Å². The molecule has 100 valence electrons. The van der Waals surface area contributed by atoms with Gasteiger partial charge in [-0.1, -0.05) is 42.5 Å². The maximum atomic E-state index is 12.8. The molecule has 2 nitrogen and oxygen atoms in total. The lowest BCUT2D eigenvalue weighted by Crippen LogP contribution is -2.42. The molecule has 19 heavy (non-hydrogen) atoms. The van der Waals surface area contributed by atoms with Crippen LogP contribution >= 0.6 is 0 Å². The Hall–Kier alpha value is -1.71. The third-order valence-corrected chi connectivity index (χ3v) is 3.32. The summed E-state index contributed by atoms with van der Waals surface area (Å²) in [5.41, 5.74) is 1.51. The average Bonchev–Trinajstić information content (AvgIpc) is 2.47. The van der Waals surface area contributed by atoms with Crippen molar-refractivity contribution in [2.24, 2.45) is 0 Å². The zero-order chi connectivity index (χ0) is 13.7. The molecule has 1 unspecified atom stereocenters. The highest BCUT2D eigenvalue weighted by atomic mass is 19.1. The van der Waals surface area contributed by atoms with Crippen LogP contribution in [0.1, 0.15) is 18.1 Å². The Bertz CT molecular complexity index is 512. The fourth-order valence-electron chi connectivity index (χ4n) is 1.95. The Labute approximate surface area is 112 Å². The summed E-state index contributed by atoms with van der Waals surface area (Å²) in [5.74, 6) is -0.239. The lowest BCUT2D eigenvalue weighted by Gasteiger charge is -2.29. The van der Waals surface area contributed by atoms with E-state index in [-0.39, 0.29) is 12.4 Å². The third kappa shape index (κ3) is 3.40. The van der Waals surface area contributed by atoms with Gasteiger partial charge in [0, 0.05) is 6.54 Å². The smallest absolute Gasteiger partial charge is 0.123 e. The minimum absolute atomic E-state index is 0.00178. The zero-order valence-electron chi connectivity index (χ0n) is 10.9. The molecule has 0 aromatic heterocycles. The van der Waals surface area contributed by atoms with Crippen molar-refractivity contribution < 1.29 is 9.50 Å². The molecule has 0 radical (unpaired) electrons. The van der Waals surface area contributed by atoms with E-state index in [1.165, 1.54) is 12.1 Å². The second-order valence-corrected chi connectivity index (χ2v) is 4.84. The molecule has 0 bridgehead atoms. The van der Waals surface area contributed by atoms with Crippen molar-refractivity contribution in [3.05, 3.63) is 71.5 Å². The molecule has 0 aliphatic rings. The van der Waals surface area contributed by atoms with Crippen molar-refractivity contribution in [2.45, 2.75) is 19.0 Å². The number of hydrogen-bond donors (Lipinski definition) is 2. The van der Waals surface area contributed by atoms with Crippen molar-refractivity contribution in [3.8, 4) is 0 Å². The molecule has 3 heteroatoms. The van der Waals surface area contributed by atoms with Crippen molar-refractivity contribution in [2.75, 3.05) is 6.61 Å². The Morgan fingerprint density at radius 1 is 1.05 bits per heavy atom. The largest absolute Gasteiger partial charge is 0.394 e. The van der Waals surface area contributed by atoms with Crippen LogP contribution in [0.25, 0.3) is 0 Å². The van der Waals surface area contributed by atoms with Gasteiger partial charge in [0.1, 0.15) is 5.82 Å². The molecule has 2 aromatic rings. The Balaban J connectivity index is 2.09. The first-order valence-electron chi connectivity index (χ1n) is 6.30. The van der Waals surface area contributed by atoms with Crippen LogP contribution < -0.4 is 5.32 Å². The van der Waals surface area contributed by atoms with Gasteiger partial charge in [-0.3, -0.25) is 0 Å². The van der Waals surface area contributed by atoms with Gasteiger partial charge in [-0.15, -0.1) is 0 Å². The summed E-state index contributed by atoms with van der Waals surface area (Å²) in [6, 6.07) is 16.2. The number of benzene rings is 2. The van der Waals surface area contributed by atoms with Gasteiger partial charge in [0.2, 0.25) is 0 Å². The maximum absolute atomic E-state index is 12.8. The van der Waals surface area contributed by atoms with Crippen LogP contribution in [0.15, 0.2) is 54.6 Å². The van der Waals surface area contributed by atoms with Gasteiger partial charge in [-0.05, 0) is 30.2 Å². The Kier molecular flexibility index (Phi) is 4.30. The number of hydrogen-bond acceptors (Lipinski definition) is 2. The maximum Gasteiger partial charge on any atom is 0.123 e. The standard InChI is InChI=1S/C16H18FNO/c1-16(12-19,14-5-3-2-4-6-14)18-11-13-7-9-15(17)10-8-13/h2-10,18-19H,11-12H2,1H3. The second kappa shape index (κ2) is 5.95. The predicted octanol–water partition coefficient (Wildman–Crippen LogP) is 2.82. The summed E-state index contributed by atoms with van der Waals surface area (Å²) in [6.07, 6.45) is 0. The Morgan fingerprint density at radius 2 is 1.68 bits per heavy atom. The fourth-order valence-corrected chi connectivity index (χ4v) is 1.95. The van der Waals surface area contributed by atoms with Crippen LogP contribution in [-0.4, -0.2) is 11.7 Å². The van der Waals surface area contributed by atoms with E-state index < -0.39 is 5.54 Å². The number of aliphatic hydroxyl groups is 1. The van der Waals surface area contributed by atoms with Crippen LogP contribution in [-0.2, 0) is 12.1 Å². The lowest BCUT2D eigenvalue weighted by atomic mass is 9.92. The topological polar surface area (TPSA) is 32.3 Å². The number of halogens is 1. The molecule has 0 aliphatic heterocycles. The van der Waals surface area contributed by atoms with E-state index in [1.807, 2.05) is 37.3 Å². The van der Waals surface area contributed by atoms with E-state index in [0.717, 1.165) is 11.1 Å². The van der Waals surface area contributed by atoms with E-state index in [0.29, 0.717) is 6.54 Å². The molecule has 0 amide bonds. The van der Waals surface area contributed by atoms with Crippen LogP contribution in [0, 0.1) is 5.82 Å². The number of nitrogens with one attached hydrogen (secondary N) is 1. The first-order valence-corrected chi connectivity index (χ1v) is 6.30. The summed E-state index contributed by atoms with van der Waals surface area (Å²) in [6.45, 7) is 2.52. The zero-order valence-corrected chi connectivity index (χ0v) is 10.9. The van der Waals surface area contributed by atoms with Crippen LogP contribution in [0.5, 0.6) is 0 Å². The van der Waals surface area contributed by atoms with E-state index in [2.05, 4.69) is 5.32 Å².